The SMILES string of the molecule is Cc1ncc([C@H](C)NC[C@@H](c2ccccc2)N2CCOCC2)c(C)n1. The summed E-state index contributed by atoms with van der Waals surface area (Å²) in [5.41, 5.74) is 3.57. The second kappa shape index (κ2) is 8.52. The molecular formula is C20H28N4O. The highest BCUT2D eigenvalue weighted by molar-refractivity contribution is 5.22. The Labute approximate surface area is 150 Å². The predicted molar refractivity (Wildman–Crippen MR) is 99.5 cm³/mol. The van der Waals surface area contributed by atoms with Gasteiger partial charge in [0.2, 0.25) is 0 Å². The third kappa shape index (κ3) is 4.63. The lowest BCUT2D eigenvalue weighted by atomic mass is 10.0. The monoisotopic (exact) mass is 340 g/mol. The first kappa shape index (κ1) is 18.0. The maximum absolute atomic E-state index is 5.53. The molecule has 1 aliphatic rings. The van der Waals surface area contributed by atoms with Gasteiger partial charge in [0.1, 0.15) is 5.82 Å². The van der Waals surface area contributed by atoms with Crippen molar-refractivity contribution in [1.29, 1.82) is 0 Å². The molecule has 0 aliphatic carbocycles. The Morgan fingerprint density at radius 3 is 2.56 bits per heavy atom. The summed E-state index contributed by atoms with van der Waals surface area (Å²) in [6, 6.07) is 11.3. The molecule has 2 heterocycles. The molecule has 25 heavy (non-hydrogen) atoms. The Kier molecular flexibility index (Phi) is 6.13. The van der Waals surface area contributed by atoms with Crippen molar-refractivity contribution < 1.29 is 4.74 Å². The zero-order valence-electron chi connectivity index (χ0n) is 15.4. The van der Waals surface area contributed by atoms with Crippen molar-refractivity contribution in [3.63, 3.8) is 0 Å². The second-order valence-electron chi connectivity index (χ2n) is 6.66. The van der Waals surface area contributed by atoms with Gasteiger partial charge in [-0.25, -0.2) is 9.97 Å². The third-order valence-corrected chi connectivity index (χ3v) is 4.89. The topological polar surface area (TPSA) is 50.3 Å². The van der Waals surface area contributed by atoms with Crippen molar-refractivity contribution in [1.82, 2.24) is 20.2 Å². The summed E-state index contributed by atoms with van der Waals surface area (Å²) in [6.07, 6.45) is 1.95. The molecule has 134 valence electrons. The molecule has 2 atom stereocenters. The highest BCUT2D eigenvalue weighted by Crippen LogP contribution is 2.23. The maximum Gasteiger partial charge on any atom is 0.125 e. The molecule has 1 aromatic carbocycles. The van der Waals surface area contributed by atoms with Crippen LogP contribution in [0.2, 0.25) is 0 Å². The minimum absolute atomic E-state index is 0.216. The van der Waals surface area contributed by atoms with Gasteiger partial charge >= 0.3 is 0 Å². The van der Waals surface area contributed by atoms with Crippen LogP contribution in [0.15, 0.2) is 36.5 Å². The average Bonchev–Trinajstić information content (AvgIpc) is 2.63. The molecule has 0 saturated carbocycles. The minimum atomic E-state index is 0.216. The van der Waals surface area contributed by atoms with E-state index in [4.69, 9.17) is 4.74 Å². The van der Waals surface area contributed by atoms with Crippen molar-refractivity contribution >= 4 is 0 Å². The fraction of sp³-hybridized carbons (Fsp3) is 0.500. The number of morpholine rings is 1. The van der Waals surface area contributed by atoms with Crippen LogP contribution < -0.4 is 5.32 Å². The molecule has 5 nitrogen and oxygen atoms in total. The summed E-state index contributed by atoms with van der Waals surface area (Å²) >= 11 is 0. The summed E-state index contributed by atoms with van der Waals surface area (Å²) in [7, 11) is 0. The number of hydrogen-bond donors (Lipinski definition) is 1. The molecule has 0 radical (unpaired) electrons. The van der Waals surface area contributed by atoms with E-state index in [2.05, 4.69) is 64.4 Å². The van der Waals surface area contributed by atoms with Crippen LogP contribution in [0, 0.1) is 13.8 Å². The highest BCUT2D eigenvalue weighted by atomic mass is 16.5. The van der Waals surface area contributed by atoms with Gasteiger partial charge in [-0.2, -0.15) is 0 Å². The van der Waals surface area contributed by atoms with Crippen LogP contribution in [0.4, 0.5) is 0 Å². The normalized spacial score (nSPS) is 18.0. The lowest BCUT2D eigenvalue weighted by Crippen LogP contribution is -2.43. The molecule has 5 heteroatoms. The van der Waals surface area contributed by atoms with Crippen LogP contribution in [0.1, 0.15) is 41.7 Å². The molecule has 0 spiro atoms. The van der Waals surface area contributed by atoms with E-state index in [9.17, 15) is 0 Å². The van der Waals surface area contributed by atoms with Gasteiger partial charge in [0, 0.05) is 49.2 Å². The van der Waals surface area contributed by atoms with Gasteiger partial charge in [0.25, 0.3) is 0 Å². The van der Waals surface area contributed by atoms with E-state index < -0.39 is 0 Å². The number of ether oxygens (including phenoxy) is 1. The predicted octanol–water partition coefficient (Wildman–Crippen LogP) is 2.82. The molecule has 0 amide bonds. The zero-order valence-corrected chi connectivity index (χ0v) is 15.4. The molecular weight excluding hydrogens is 312 g/mol. The largest absolute Gasteiger partial charge is 0.379 e. The average molecular weight is 340 g/mol. The molecule has 1 N–H and O–H groups in total. The van der Waals surface area contributed by atoms with Crippen LogP contribution in [0.25, 0.3) is 0 Å². The summed E-state index contributed by atoms with van der Waals surface area (Å²) in [6.45, 7) is 10.6. The van der Waals surface area contributed by atoms with E-state index in [1.807, 2.05) is 13.1 Å². The lowest BCUT2D eigenvalue weighted by molar-refractivity contribution is 0.0157. The van der Waals surface area contributed by atoms with Crippen LogP contribution >= 0.6 is 0 Å². The number of nitrogens with zero attached hydrogens (tertiary/aromatic N) is 3. The van der Waals surface area contributed by atoms with E-state index in [0.717, 1.165) is 44.4 Å². The van der Waals surface area contributed by atoms with Crippen LogP contribution in [-0.2, 0) is 4.74 Å². The molecule has 1 aliphatic heterocycles. The Bertz CT molecular complexity index is 671. The Balaban J connectivity index is 1.71. The summed E-state index contributed by atoms with van der Waals surface area (Å²) in [4.78, 5) is 11.4. The lowest BCUT2D eigenvalue weighted by Gasteiger charge is -2.35. The number of hydrogen-bond acceptors (Lipinski definition) is 5. The van der Waals surface area contributed by atoms with E-state index in [0.29, 0.717) is 6.04 Å². The smallest absolute Gasteiger partial charge is 0.125 e. The van der Waals surface area contributed by atoms with Gasteiger partial charge in [-0.3, -0.25) is 4.90 Å². The van der Waals surface area contributed by atoms with Crippen molar-refractivity contribution in [3.8, 4) is 0 Å². The third-order valence-electron chi connectivity index (χ3n) is 4.89. The molecule has 1 saturated heterocycles. The van der Waals surface area contributed by atoms with Crippen LogP contribution in [0.5, 0.6) is 0 Å². The molecule has 0 bridgehead atoms. The van der Waals surface area contributed by atoms with Gasteiger partial charge in [0.05, 0.1) is 13.2 Å². The number of benzene rings is 1. The fourth-order valence-electron chi connectivity index (χ4n) is 3.44. The molecule has 3 rings (SSSR count). The van der Waals surface area contributed by atoms with Crippen molar-refractivity contribution in [2.45, 2.75) is 32.9 Å². The van der Waals surface area contributed by atoms with Crippen molar-refractivity contribution in [2.24, 2.45) is 0 Å². The summed E-state index contributed by atoms with van der Waals surface area (Å²) in [5.74, 6) is 0.823. The van der Waals surface area contributed by atoms with E-state index in [1.54, 1.807) is 0 Å². The van der Waals surface area contributed by atoms with Gasteiger partial charge < -0.3 is 10.1 Å². The van der Waals surface area contributed by atoms with E-state index >= 15 is 0 Å². The number of aromatic nitrogens is 2. The van der Waals surface area contributed by atoms with Gasteiger partial charge in [-0.1, -0.05) is 30.3 Å². The maximum atomic E-state index is 5.53. The summed E-state index contributed by atoms with van der Waals surface area (Å²) in [5, 5.41) is 3.69. The van der Waals surface area contributed by atoms with E-state index in [1.165, 1.54) is 11.1 Å². The number of rotatable bonds is 6. The van der Waals surface area contributed by atoms with Crippen LogP contribution in [0.3, 0.4) is 0 Å². The zero-order chi connectivity index (χ0) is 17.6. The first-order chi connectivity index (χ1) is 12.1. The first-order valence-electron chi connectivity index (χ1n) is 9.05. The Morgan fingerprint density at radius 1 is 1.16 bits per heavy atom. The standard InChI is InChI=1S/C20H28N4O/c1-15(19-13-22-17(3)23-16(19)2)21-14-20(18-7-5-4-6-8-18)24-9-11-25-12-10-24/h4-8,13,15,20-21H,9-12,14H2,1-3H3/t15-,20-/m0/s1. The highest BCUT2D eigenvalue weighted by Gasteiger charge is 2.23. The molecule has 0 unspecified atom stereocenters. The van der Waals surface area contributed by atoms with Crippen LogP contribution in [-0.4, -0.2) is 47.7 Å². The van der Waals surface area contributed by atoms with Crippen molar-refractivity contribution in [3.05, 3.63) is 59.2 Å². The first-order valence-corrected chi connectivity index (χ1v) is 9.05. The van der Waals surface area contributed by atoms with Gasteiger partial charge in [-0.05, 0) is 26.3 Å². The summed E-state index contributed by atoms with van der Waals surface area (Å²) < 4.78 is 5.53. The second-order valence-corrected chi connectivity index (χ2v) is 6.66. The van der Waals surface area contributed by atoms with E-state index in [-0.39, 0.29) is 6.04 Å². The van der Waals surface area contributed by atoms with Gasteiger partial charge in [0.15, 0.2) is 0 Å². The molecule has 1 aromatic heterocycles. The number of aryl methyl sites for hydroxylation is 2. The molecule has 2 aromatic rings. The van der Waals surface area contributed by atoms with Gasteiger partial charge in [-0.15, -0.1) is 0 Å². The molecule has 1 fully saturated rings. The fourth-order valence-corrected chi connectivity index (χ4v) is 3.44. The Morgan fingerprint density at radius 2 is 1.88 bits per heavy atom. The Hall–Kier alpha value is -1.82. The quantitative estimate of drug-likeness (QED) is 0.876. The number of nitrogens with one attached hydrogen (secondary N) is 1. The van der Waals surface area contributed by atoms with Crippen molar-refractivity contribution in [2.75, 3.05) is 32.8 Å². The minimum Gasteiger partial charge on any atom is -0.379 e.